The minimum atomic E-state index is -0.844. The molecule has 0 radical (unpaired) electrons. The van der Waals surface area contributed by atoms with Crippen molar-refractivity contribution in [1.29, 1.82) is 0 Å². The smallest absolute Gasteiger partial charge is 0.328 e. The Balaban J connectivity index is 0. The van der Waals surface area contributed by atoms with Gasteiger partial charge in [0.1, 0.15) is 0 Å². The van der Waals surface area contributed by atoms with Gasteiger partial charge in [0, 0.05) is 6.42 Å². The van der Waals surface area contributed by atoms with Crippen LogP contribution in [0.1, 0.15) is 182 Å². The van der Waals surface area contributed by atoms with Crippen LogP contribution in [0.2, 0.25) is 0 Å². The zero-order valence-electron chi connectivity index (χ0n) is 26.1. The molecule has 0 aliphatic heterocycles. The number of quaternary nitrogens is 1. The molecule has 0 aromatic heterocycles. The highest BCUT2D eigenvalue weighted by molar-refractivity contribution is 6.00. The fourth-order valence-electron chi connectivity index (χ4n) is 5.16. The second-order valence-corrected chi connectivity index (χ2v) is 11.3. The van der Waals surface area contributed by atoms with Gasteiger partial charge in [-0.1, -0.05) is 130 Å². The molecule has 0 bridgehead atoms. The van der Waals surface area contributed by atoms with Crippen LogP contribution in [0.5, 0.6) is 0 Å². The summed E-state index contributed by atoms with van der Waals surface area (Å²) in [7, 11) is 0. The molecule has 6 heteroatoms. The van der Waals surface area contributed by atoms with Crippen molar-refractivity contribution in [3.8, 4) is 0 Å². The van der Waals surface area contributed by atoms with E-state index in [1.807, 2.05) is 0 Å². The van der Waals surface area contributed by atoms with Gasteiger partial charge in [-0.2, -0.15) is 0 Å². The van der Waals surface area contributed by atoms with Crippen LogP contribution in [0.4, 0.5) is 0 Å². The van der Waals surface area contributed by atoms with Gasteiger partial charge in [0.05, 0.1) is 19.3 Å². The van der Waals surface area contributed by atoms with Crippen molar-refractivity contribution in [2.45, 2.75) is 182 Å². The van der Waals surface area contributed by atoms with Crippen LogP contribution in [0.15, 0.2) is 0 Å². The zero-order valence-corrected chi connectivity index (χ0v) is 27.7. The fraction of sp³-hybridized carbons (Fsp3) is 0.879. The molecule has 230 valence electrons. The first-order valence-electron chi connectivity index (χ1n) is 16.4. The summed E-state index contributed by atoms with van der Waals surface area (Å²) >= 11 is 0. The molecule has 0 aliphatic rings. The summed E-state index contributed by atoms with van der Waals surface area (Å²) in [5.74, 6) is -1.12. The molecule has 0 N–H and O–H groups in total. The highest BCUT2D eigenvalue weighted by atomic mass is 79.9. The Morgan fingerprint density at radius 2 is 0.641 bits per heavy atom. The van der Waals surface area contributed by atoms with E-state index in [1.54, 1.807) is 0 Å². The lowest BCUT2D eigenvalue weighted by Crippen LogP contribution is -3.00. The van der Waals surface area contributed by atoms with Gasteiger partial charge < -0.3 is 17.0 Å². The number of carbonyl (C=O) groups is 4. The Hall–Kier alpha value is -0.880. The number of imide groups is 3. The number of carbonyl (C=O) groups excluding carboxylic acids is 4. The maximum Gasteiger partial charge on any atom is 0.328 e. The van der Waals surface area contributed by atoms with Gasteiger partial charge in [0.25, 0.3) is 0 Å². The molecule has 0 aromatic carbocycles. The van der Waals surface area contributed by atoms with Crippen LogP contribution in [0.25, 0.3) is 0 Å². The molecule has 5 nitrogen and oxygen atoms in total. The van der Waals surface area contributed by atoms with Crippen molar-refractivity contribution in [2.75, 3.05) is 6.54 Å². The molecule has 0 rings (SSSR count). The van der Waals surface area contributed by atoms with E-state index in [0.717, 1.165) is 109 Å². The second kappa shape index (κ2) is 27.3. The van der Waals surface area contributed by atoms with Gasteiger partial charge in [-0.15, -0.1) is 4.48 Å². The molecule has 0 aromatic rings. The third-order valence-corrected chi connectivity index (χ3v) is 7.73. The van der Waals surface area contributed by atoms with Crippen molar-refractivity contribution >= 4 is 23.5 Å². The summed E-state index contributed by atoms with van der Waals surface area (Å²) in [6.45, 7) is 8.35. The Morgan fingerprint density at radius 3 is 0.923 bits per heavy atom. The first-order chi connectivity index (χ1) is 18.4. The summed E-state index contributed by atoms with van der Waals surface area (Å²) < 4.78 is -0.844. The van der Waals surface area contributed by atoms with Gasteiger partial charge in [0.15, 0.2) is 12.3 Å². The number of amides is 3. The van der Waals surface area contributed by atoms with E-state index in [2.05, 4.69) is 27.7 Å². The molecule has 0 spiro atoms. The summed E-state index contributed by atoms with van der Waals surface area (Å²) in [6.07, 6.45) is 20.8. The van der Waals surface area contributed by atoms with E-state index in [-0.39, 0.29) is 66.3 Å². The molecule has 0 atom stereocenters. The van der Waals surface area contributed by atoms with E-state index in [0.29, 0.717) is 25.7 Å². The summed E-state index contributed by atoms with van der Waals surface area (Å²) in [5.41, 5.74) is 0. The summed E-state index contributed by atoms with van der Waals surface area (Å²) in [6, 6.07) is 0. The van der Waals surface area contributed by atoms with Gasteiger partial charge in [-0.3, -0.25) is 4.79 Å². The molecule has 0 saturated carbocycles. The molecular weight excluding hydrogens is 554 g/mol. The van der Waals surface area contributed by atoms with Crippen molar-refractivity contribution in [2.24, 2.45) is 0 Å². The highest BCUT2D eigenvalue weighted by Crippen LogP contribution is 2.23. The highest BCUT2D eigenvalue weighted by Gasteiger charge is 2.51. The van der Waals surface area contributed by atoms with Crippen LogP contribution in [0.3, 0.4) is 0 Å². The lowest BCUT2D eigenvalue weighted by atomic mass is 10.0. The summed E-state index contributed by atoms with van der Waals surface area (Å²) in [5, 5.41) is 0. The van der Waals surface area contributed by atoms with Crippen molar-refractivity contribution in [3.63, 3.8) is 0 Å². The molecule has 0 unspecified atom stereocenters. The predicted octanol–water partition coefficient (Wildman–Crippen LogP) is 6.40. The quantitative estimate of drug-likeness (QED) is 0.0834. The molecule has 39 heavy (non-hydrogen) atoms. The number of halogens is 1. The Kier molecular flexibility index (Phi) is 28.2. The average Bonchev–Trinajstić information content (AvgIpc) is 2.90. The monoisotopic (exact) mass is 615 g/mol. The molecule has 3 amide bonds. The number of rotatable bonds is 26. The van der Waals surface area contributed by atoms with Crippen molar-refractivity contribution in [3.05, 3.63) is 0 Å². The van der Waals surface area contributed by atoms with Crippen molar-refractivity contribution in [1.82, 2.24) is 0 Å². The molecule has 0 heterocycles. The van der Waals surface area contributed by atoms with Gasteiger partial charge >= 0.3 is 17.7 Å². The van der Waals surface area contributed by atoms with Crippen LogP contribution in [-0.4, -0.2) is 34.5 Å². The maximum absolute atomic E-state index is 13.8. The molecule has 0 saturated heterocycles. The van der Waals surface area contributed by atoms with Crippen LogP contribution < -0.4 is 17.0 Å². The van der Waals surface area contributed by atoms with E-state index in [1.165, 1.54) is 0 Å². The van der Waals surface area contributed by atoms with Crippen LogP contribution in [-0.2, 0) is 19.2 Å². The number of Topliss-reactive ketones (excluding diaryl/α,β-unsaturated/α-hetero) is 1. The fourth-order valence-corrected chi connectivity index (χ4v) is 5.16. The number of unbranched alkanes of at least 4 members (excludes halogenated alkanes) is 16. The zero-order chi connectivity index (χ0) is 28.5. The summed E-state index contributed by atoms with van der Waals surface area (Å²) in [4.78, 5) is 54.5. The number of nitrogens with zero attached hydrogens (tertiary/aromatic N) is 1. The first-order valence-corrected chi connectivity index (χ1v) is 16.4. The second-order valence-electron chi connectivity index (χ2n) is 11.3. The number of ketones is 1. The minimum absolute atomic E-state index is 0. The van der Waals surface area contributed by atoms with Gasteiger partial charge in [-0.25, -0.2) is 14.4 Å². The molecule has 0 aliphatic carbocycles. The SMILES string of the molecule is CCCCCCCC(=O)C[N+](C(=O)CCCCCCC)(C(=O)CCCCCCC)C(=O)CCCCCCC.[Br-]. The standard InChI is InChI=1S/C33H62NO4.BrH/c1-5-9-13-17-21-25-30(35)29-34(31(36)26-22-18-14-10-6-2,32(37)27-23-19-15-11-7-3)33(38)28-24-20-16-12-8-4;/h5-29H2,1-4H3;1H/q+1;/p-1. The maximum atomic E-state index is 13.8. The third-order valence-electron chi connectivity index (χ3n) is 7.73. The van der Waals surface area contributed by atoms with Crippen LogP contribution in [0, 0.1) is 0 Å². The van der Waals surface area contributed by atoms with Crippen LogP contribution >= 0.6 is 0 Å². The number of hydrogen-bond donors (Lipinski definition) is 0. The third kappa shape index (κ3) is 18.2. The van der Waals surface area contributed by atoms with E-state index >= 15 is 0 Å². The Labute approximate surface area is 252 Å². The van der Waals surface area contributed by atoms with Crippen molar-refractivity contribution < 1.29 is 40.6 Å². The first kappa shape index (κ1) is 40.3. The van der Waals surface area contributed by atoms with E-state index in [9.17, 15) is 19.2 Å². The van der Waals surface area contributed by atoms with Gasteiger partial charge in [0.2, 0.25) is 0 Å². The van der Waals surface area contributed by atoms with E-state index in [4.69, 9.17) is 0 Å². The molecule has 0 fully saturated rings. The minimum Gasteiger partial charge on any atom is -1.00 e. The average molecular weight is 617 g/mol. The Bertz CT molecular complexity index is 585. The topological polar surface area (TPSA) is 68.3 Å². The lowest BCUT2D eigenvalue weighted by molar-refractivity contribution is -0.695. The predicted molar refractivity (Wildman–Crippen MR) is 159 cm³/mol. The normalized spacial score (nSPS) is 11.3. The van der Waals surface area contributed by atoms with E-state index < -0.39 is 4.48 Å². The number of hydrogen-bond acceptors (Lipinski definition) is 4. The lowest BCUT2D eigenvalue weighted by Gasteiger charge is -2.30. The Morgan fingerprint density at radius 1 is 0.385 bits per heavy atom. The van der Waals surface area contributed by atoms with Gasteiger partial charge in [-0.05, 0) is 25.7 Å². The molecular formula is C33H62BrNO4. The largest absolute Gasteiger partial charge is 1.00 e.